The largest absolute Gasteiger partial charge is 0.399 e. The van der Waals surface area contributed by atoms with Crippen LogP contribution in [0.15, 0.2) is 18.2 Å². The molecular weight excluding hydrogens is 245 g/mol. The van der Waals surface area contributed by atoms with Crippen LogP contribution in [0.5, 0.6) is 0 Å². The van der Waals surface area contributed by atoms with E-state index in [0.29, 0.717) is 17.1 Å². The number of tetrazole rings is 1. The van der Waals surface area contributed by atoms with Gasteiger partial charge in [0, 0.05) is 11.3 Å². The molecule has 0 bridgehead atoms. The van der Waals surface area contributed by atoms with E-state index in [1.54, 1.807) is 10.7 Å². The topological polar surface area (TPSA) is 69.6 Å². The number of nitrogens with zero attached hydrogens (tertiary/aromatic N) is 4. The molecular formula is C13H18FN5. The molecule has 0 atom stereocenters. The summed E-state index contributed by atoms with van der Waals surface area (Å²) < 4.78 is 15.2. The number of rotatable bonds is 4. The summed E-state index contributed by atoms with van der Waals surface area (Å²) in [6.45, 7) is 6.24. The molecule has 1 heterocycles. The number of anilines is 1. The molecule has 6 heteroatoms. The van der Waals surface area contributed by atoms with Crippen LogP contribution in [0.1, 0.15) is 33.6 Å². The highest BCUT2D eigenvalue weighted by molar-refractivity contribution is 5.61. The zero-order valence-electron chi connectivity index (χ0n) is 11.4. The van der Waals surface area contributed by atoms with Crippen LogP contribution in [0.25, 0.3) is 11.4 Å². The Morgan fingerprint density at radius 1 is 1.26 bits per heavy atom. The van der Waals surface area contributed by atoms with Crippen molar-refractivity contribution in [2.45, 2.75) is 39.2 Å². The molecule has 102 valence electrons. The Hall–Kier alpha value is -1.98. The molecule has 1 aromatic carbocycles. The van der Waals surface area contributed by atoms with Crippen molar-refractivity contribution in [2.75, 3.05) is 5.73 Å². The Balaban J connectivity index is 2.56. The zero-order valence-corrected chi connectivity index (χ0v) is 11.4. The maximum absolute atomic E-state index is 13.5. The van der Waals surface area contributed by atoms with E-state index >= 15 is 0 Å². The third kappa shape index (κ3) is 2.43. The van der Waals surface area contributed by atoms with Crippen LogP contribution in [0.2, 0.25) is 0 Å². The lowest BCUT2D eigenvalue weighted by molar-refractivity contribution is 0.262. The smallest absolute Gasteiger partial charge is 0.182 e. The van der Waals surface area contributed by atoms with Gasteiger partial charge in [-0.2, -0.15) is 0 Å². The molecule has 0 aliphatic rings. The lowest BCUT2D eigenvalue weighted by atomic mass is 9.95. The highest BCUT2D eigenvalue weighted by atomic mass is 19.1. The van der Waals surface area contributed by atoms with E-state index in [-0.39, 0.29) is 11.4 Å². The summed E-state index contributed by atoms with van der Waals surface area (Å²) in [5, 5.41) is 11.8. The first kappa shape index (κ1) is 13.5. The average Bonchev–Trinajstić information content (AvgIpc) is 2.86. The maximum Gasteiger partial charge on any atom is 0.182 e. The molecule has 0 aliphatic carbocycles. The molecule has 5 nitrogen and oxygen atoms in total. The summed E-state index contributed by atoms with van der Waals surface area (Å²) in [7, 11) is 0. The third-order valence-electron chi connectivity index (χ3n) is 3.68. The van der Waals surface area contributed by atoms with Crippen molar-refractivity contribution < 1.29 is 4.39 Å². The van der Waals surface area contributed by atoms with Crippen LogP contribution in [-0.2, 0) is 5.54 Å². The van der Waals surface area contributed by atoms with E-state index in [9.17, 15) is 4.39 Å². The van der Waals surface area contributed by atoms with Crippen molar-refractivity contribution in [2.24, 2.45) is 0 Å². The highest BCUT2D eigenvalue weighted by Crippen LogP contribution is 2.29. The van der Waals surface area contributed by atoms with Gasteiger partial charge in [-0.25, -0.2) is 9.07 Å². The van der Waals surface area contributed by atoms with Crippen molar-refractivity contribution in [3.63, 3.8) is 0 Å². The maximum atomic E-state index is 13.5. The summed E-state index contributed by atoms with van der Waals surface area (Å²) in [5.74, 6) is 0.150. The number of nitrogen functional groups attached to an aromatic ring is 1. The number of halogens is 1. The van der Waals surface area contributed by atoms with Gasteiger partial charge in [0.05, 0.1) is 5.54 Å². The minimum atomic E-state index is -0.390. The Morgan fingerprint density at radius 3 is 2.53 bits per heavy atom. The van der Waals surface area contributed by atoms with Crippen LogP contribution in [0, 0.1) is 5.82 Å². The zero-order chi connectivity index (χ0) is 14.0. The Labute approximate surface area is 111 Å². The predicted molar refractivity (Wildman–Crippen MR) is 71.9 cm³/mol. The van der Waals surface area contributed by atoms with Gasteiger partial charge < -0.3 is 5.73 Å². The van der Waals surface area contributed by atoms with Gasteiger partial charge in [-0.15, -0.1) is 5.10 Å². The molecule has 0 radical (unpaired) electrons. The van der Waals surface area contributed by atoms with Gasteiger partial charge >= 0.3 is 0 Å². The third-order valence-corrected chi connectivity index (χ3v) is 3.68. The molecule has 0 aliphatic heterocycles. The predicted octanol–water partition coefficient (Wildman–Crippen LogP) is 2.60. The van der Waals surface area contributed by atoms with Gasteiger partial charge in [-0.3, -0.25) is 0 Å². The lowest BCUT2D eigenvalue weighted by Gasteiger charge is -2.27. The van der Waals surface area contributed by atoms with Gasteiger partial charge in [0.1, 0.15) is 5.82 Å². The molecule has 0 amide bonds. The first-order valence-electron chi connectivity index (χ1n) is 6.35. The Bertz CT molecular complexity index is 554. The molecule has 0 fully saturated rings. The van der Waals surface area contributed by atoms with Gasteiger partial charge in [-0.1, -0.05) is 13.8 Å². The summed E-state index contributed by atoms with van der Waals surface area (Å²) in [6, 6.07) is 4.35. The van der Waals surface area contributed by atoms with E-state index < -0.39 is 0 Å². The number of nitrogens with two attached hydrogens (primary N) is 1. The van der Waals surface area contributed by atoms with E-state index in [2.05, 4.69) is 36.3 Å². The molecule has 0 unspecified atom stereocenters. The Kier molecular flexibility index (Phi) is 3.50. The number of aromatic nitrogens is 4. The van der Waals surface area contributed by atoms with E-state index in [0.717, 1.165) is 12.8 Å². The fourth-order valence-electron chi connectivity index (χ4n) is 2.02. The highest BCUT2D eigenvalue weighted by Gasteiger charge is 2.27. The van der Waals surface area contributed by atoms with Crippen LogP contribution < -0.4 is 5.73 Å². The summed E-state index contributed by atoms with van der Waals surface area (Å²) in [5.41, 5.74) is 6.43. The average molecular weight is 263 g/mol. The molecule has 19 heavy (non-hydrogen) atoms. The second kappa shape index (κ2) is 4.95. The minimum Gasteiger partial charge on any atom is -0.399 e. The van der Waals surface area contributed by atoms with Crippen LogP contribution >= 0.6 is 0 Å². The van der Waals surface area contributed by atoms with Crippen LogP contribution in [-0.4, -0.2) is 20.2 Å². The fraction of sp³-hybridized carbons (Fsp3) is 0.462. The first-order valence-corrected chi connectivity index (χ1v) is 6.35. The van der Waals surface area contributed by atoms with Gasteiger partial charge in [0.2, 0.25) is 0 Å². The standard InChI is InChI=1S/C13H18FN5/c1-4-13(3,5-2)19-12(16-17-18-19)9-6-10(14)8-11(15)7-9/h6-8H,4-5,15H2,1-3H3. The quantitative estimate of drug-likeness (QED) is 0.861. The van der Waals surface area contributed by atoms with Crippen LogP contribution in [0.4, 0.5) is 10.1 Å². The van der Waals surface area contributed by atoms with E-state index in [4.69, 9.17) is 5.73 Å². The van der Waals surface area contributed by atoms with Gasteiger partial charge in [0.25, 0.3) is 0 Å². The van der Waals surface area contributed by atoms with Crippen molar-refractivity contribution >= 4 is 5.69 Å². The molecule has 0 spiro atoms. The van der Waals surface area contributed by atoms with Gasteiger partial charge in [0.15, 0.2) is 5.82 Å². The number of benzene rings is 1. The van der Waals surface area contributed by atoms with Crippen LogP contribution in [0.3, 0.4) is 0 Å². The molecule has 2 rings (SSSR count). The second-order valence-electron chi connectivity index (χ2n) is 4.89. The molecule has 1 aromatic heterocycles. The number of hydrogen-bond donors (Lipinski definition) is 1. The normalized spacial score (nSPS) is 11.8. The molecule has 2 N–H and O–H groups in total. The number of hydrogen-bond acceptors (Lipinski definition) is 4. The first-order chi connectivity index (χ1) is 9.00. The fourth-order valence-corrected chi connectivity index (χ4v) is 2.02. The minimum absolute atomic E-state index is 0.195. The van der Waals surface area contributed by atoms with Crippen molar-refractivity contribution in [1.82, 2.24) is 20.2 Å². The monoisotopic (exact) mass is 263 g/mol. The van der Waals surface area contributed by atoms with Crippen molar-refractivity contribution in [3.05, 3.63) is 24.0 Å². The second-order valence-corrected chi connectivity index (χ2v) is 4.89. The van der Waals surface area contributed by atoms with Gasteiger partial charge in [-0.05, 0) is 48.4 Å². The molecule has 0 saturated heterocycles. The molecule has 0 saturated carbocycles. The van der Waals surface area contributed by atoms with E-state index in [1.807, 2.05) is 0 Å². The SMILES string of the molecule is CCC(C)(CC)n1nnnc1-c1cc(N)cc(F)c1. The summed E-state index contributed by atoms with van der Waals surface area (Å²) in [6.07, 6.45) is 1.76. The lowest BCUT2D eigenvalue weighted by Crippen LogP contribution is -2.30. The van der Waals surface area contributed by atoms with Crippen molar-refractivity contribution in [3.8, 4) is 11.4 Å². The van der Waals surface area contributed by atoms with E-state index in [1.165, 1.54) is 12.1 Å². The summed E-state index contributed by atoms with van der Waals surface area (Å²) in [4.78, 5) is 0. The summed E-state index contributed by atoms with van der Waals surface area (Å²) >= 11 is 0. The molecule has 2 aromatic rings. The van der Waals surface area contributed by atoms with Crippen molar-refractivity contribution in [1.29, 1.82) is 0 Å². The Morgan fingerprint density at radius 2 is 1.95 bits per heavy atom.